The van der Waals surface area contributed by atoms with Crippen LogP contribution in [0.25, 0.3) is 21.5 Å². The number of alkyl halides is 3. The molecule has 0 spiro atoms. The zero-order valence-corrected chi connectivity index (χ0v) is 17.0. The molecule has 0 aliphatic carbocycles. The Kier molecular flexibility index (Phi) is 4.95. The molecule has 1 N–H and O–H groups in total. The van der Waals surface area contributed by atoms with Gasteiger partial charge in [-0.3, -0.25) is 0 Å². The van der Waals surface area contributed by atoms with E-state index in [1.807, 2.05) is 0 Å². The molecule has 2 heterocycles. The maximum atomic E-state index is 13.1. The summed E-state index contributed by atoms with van der Waals surface area (Å²) in [5.74, 6) is -1.17. The van der Waals surface area contributed by atoms with Gasteiger partial charge in [0.15, 0.2) is 0 Å². The molecule has 0 atom stereocenters. The summed E-state index contributed by atoms with van der Waals surface area (Å²) in [5.41, 5.74) is 0.646. The molecule has 2 aromatic heterocycles. The van der Waals surface area contributed by atoms with Crippen LogP contribution in [-0.4, -0.2) is 20.6 Å². The maximum absolute atomic E-state index is 13.1. The minimum atomic E-state index is -4.47. The van der Waals surface area contributed by atoms with Crippen molar-refractivity contribution >= 4 is 44.1 Å². The second kappa shape index (κ2) is 7.31. The topological polar surface area (TPSA) is 55.1 Å². The zero-order valence-electron chi connectivity index (χ0n) is 14.6. The number of aromatic nitrogens is 2. The number of para-hydroxylation sites is 1. The number of carboxylic acid groups (broad SMARTS) is 1. The van der Waals surface area contributed by atoms with Crippen LogP contribution in [0, 0.1) is 0 Å². The van der Waals surface area contributed by atoms with Crippen molar-refractivity contribution in [1.82, 2.24) is 9.55 Å². The van der Waals surface area contributed by atoms with Crippen molar-refractivity contribution in [3.8, 4) is 10.6 Å². The van der Waals surface area contributed by atoms with Crippen LogP contribution in [0.1, 0.15) is 21.6 Å². The van der Waals surface area contributed by atoms with Crippen LogP contribution in [0.3, 0.4) is 0 Å². The van der Waals surface area contributed by atoms with Crippen molar-refractivity contribution in [3.63, 3.8) is 0 Å². The number of hydrogen-bond acceptors (Lipinski definition) is 3. The Morgan fingerprint density at radius 2 is 1.93 bits per heavy atom. The largest absolute Gasteiger partial charge is 0.477 e. The Labute approximate surface area is 175 Å². The molecule has 9 heteroatoms. The summed E-state index contributed by atoms with van der Waals surface area (Å²) in [6.07, 6.45) is -2.88. The van der Waals surface area contributed by atoms with Crippen LogP contribution in [0.5, 0.6) is 0 Å². The first kappa shape index (κ1) is 19.7. The number of aromatic carboxylic acids is 1. The molecule has 0 aliphatic rings. The van der Waals surface area contributed by atoms with E-state index in [1.54, 1.807) is 36.5 Å². The fourth-order valence-corrected chi connectivity index (χ4v) is 4.57. The quantitative estimate of drug-likeness (QED) is 0.373. The Morgan fingerprint density at radius 1 is 1.17 bits per heavy atom. The van der Waals surface area contributed by atoms with Crippen molar-refractivity contribution in [1.29, 1.82) is 0 Å². The van der Waals surface area contributed by atoms with Gasteiger partial charge in [0.05, 0.1) is 21.1 Å². The Hall–Kier alpha value is -2.65. The van der Waals surface area contributed by atoms with E-state index in [2.05, 4.69) is 20.9 Å². The predicted molar refractivity (Wildman–Crippen MR) is 108 cm³/mol. The smallest absolute Gasteiger partial charge is 0.416 e. The monoisotopic (exact) mass is 480 g/mol. The third-order valence-electron chi connectivity index (χ3n) is 4.46. The molecular weight excluding hydrogens is 469 g/mol. The van der Waals surface area contributed by atoms with Gasteiger partial charge in [-0.25, -0.2) is 9.78 Å². The van der Waals surface area contributed by atoms with Crippen LogP contribution in [0.2, 0.25) is 0 Å². The number of benzene rings is 2. The number of halogens is 4. The number of fused-ring (bicyclic) bond motifs is 1. The van der Waals surface area contributed by atoms with Crippen molar-refractivity contribution in [2.24, 2.45) is 0 Å². The van der Waals surface area contributed by atoms with E-state index in [4.69, 9.17) is 0 Å². The molecule has 0 unspecified atom stereocenters. The third kappa shape index (κ3) is 3.67. The summed E-state index contributed by atoms with van der Waals surface area (Å²) in [6.45, 7) is -0.0153. The molecule has 0 amide bonds. The molecule has 0 saturated heterocycles. The minimum absolute atomic E-state index is 0.00883. The van der Waals surface area contributed by atoms with E-state index in [-0.39, 0.29) is 12.2 Å². The molecule has 0 bridgehead atoms. The molecule has 0 fully saturated rings. The van der Waals surface area contributed by atoms with E-state index in [0.717, 1.165) is 15.9 Å². The van der Waals surface area contributed by atoms with Crippen molar-refractivity contribution < 1.29 is 23.1 Å². The molecular formula is C20H12BrF3N2O2S. The fourth-order valence-electron chi connectivity index (χ4n) is 3.31. The summed E-state index contributed by atoms with van der Waals surface area (Å²) >= 11 is 4.63. The second-order valence-electron chi connectivity index (χ2n) is 6.30. The van der Waals surface area contributed by atoms with Gasteiger partial charge < -0.3 is 9.67 Å². The summed E-state index contributed by atoms with van der Waals surface area (Å²) in [4.78, 5) is 16.5. The summed E-state index contributed by atoms with van der Waals surface area (Å²) in [5, 5.41) is 11.1. The SMILES string of the molecule is O=C(O)c1c(-c2ncc(Br)s2)c2ccccc2n1Cc1cccc(C(F)(F)F)c1. The number of rotatable bonds is 4. The normalized spacial score (nSPS) is 11.9. The average molecular weight is 481 g/mol. The molecule has 0 aliphatic heterocycles. The van der Waals surface area contributed by atoms with E-state index in [1.165, 1.54) is 22.0 Å². The van der Waals surface area contributed by atoms with Gasteiger partial charge in [-0.1, -0.05) is 30.3 Å². The Morgan fingerprint density at radius 3 is 2.59 bits per heavy atom. The van der Waals surface area contributed by atoms with Gasteiger partial charge in [0, 0.05) is 17.4 Å². The highest BCUT2D eigenvalue weighted by Crippen LogP contribution is 2.39. The summed E-state index contributed by atoms with van der Waals surface area (Å²) < 4.78 is 41.5. The first-order valence-corrected chi connectivity index (χ1v) is 9.99. The highest BCUT2D eigenvalue weighted by molar-refractivity contribution is 9.11. The van der Waals surface area contributed by atoms with E-state index in [9.17, 15) is 23.1 Å². The lowest BCUT2D eigenvalue weighted by Crippen LogP contribution is -2.11. The maximum Gasteiger partial charge on any atom is 0.416 e. The van der Waals surface area contributed by atoms with Gasteiger partial charge in [-0.05, 0) is 39.7 Å². The number of carboxylic acids is 1. The highest BCUT2D eigenvalue weighted by Gasteiger charge is 2.31. The minimum Gasteiger partial charge on any atom is -0.477 e. The van der Waals surface area contributed by atoms with Crippen molar-refractivity contribution in [2.75, 3.05) is 0 Å². The average Bonchev–Trinajstić information content (AvgIpc) is 3.23. The molecule has 0 saturated carbocycles. The molecule has 29 heavy (non-hydrogen) atoms. The van der Waals surface area contributed by atoms with Crippen LogP contribution < -0.4 is 0 Å². The first-order valence-electron chi connectivity index (χ1n) is 8.38. The third-order valence-corrected chi connectivity index (χ3v) is 5.95. The highest BCUT2D eigenvalue weighted by atomic mass is 79.9. The zero-order chi connectivity index (χ0) is 20.8. The van der Waals surface area contributed by atoms with Gasteiger partial charge in [-0.15, -0.1) is 11.3 Å². The number of carbonyl (C=O) groups is 1. The predicted octanol–water partition coefficient (Wildman–Crippen LogP) is 6.29. The Balaban J connectivity index is 1.94. The number of nitrogens with zero attached hydrogens (tertiary/aromatic N) is 2. The lowest BCUT2D eigenvalue weighted by atomic mass is 10.1. The summed E-state index contributed by atoms with van der Waals surface area (Å²) in [6, 6.07) is 12.0. The van der Waals surface area contributed by atoms with Crippen LogP contribution in [-0.2, 0) is 12.7 Å². The second-order valence-corrected chi connectivity index (χ2v) is 8.71. The van der Waals surface area contributed by atoms with Gasteiger partial charge >= 0.3 is 12.1 Å². The van der Waals surface area contributed by atoms with Crippen molar-refractivity contribution in [3.05, 3.63) is 75.3 Å². The number of hydrogen-bond donors (Lipinski definition) is 1. The van der Waals surface area contributed by atoms with Crippen LogP contribution >= 0.6 is 27.3 Å². The van der Waals surface area contributed by atoms with Crippen LogP contribution in [0.4, 0.5) is 13.2 Å². The Bertz CT molecular complexity index is 1230. The molecule has 4 rings (SSSR count). The fraction of sp³-hybridized carbons (Fsp3) is 0.100. The molecule has 4 nitrogen and oxygen atoms in total. The van der Waals surface area contributed by atoms with Gasteiger partial charge in [0.1, 0.15) is 10.7 Å². The summed E-state index contributed by atoms with van der Waals surface area (Å²) in [7, 11) is 0. The first-order chi connectivity index (χ1) is 13.8. The van der Waals surface area contributed by atoms with Crippen molar-refractivity contribution in [2.45, 2.75) is 12.7 Å². The van der Waals surface area contributed by atoms with E-state index in [0.29, 0.717) is 27.0 Å². The van der Waals surface area contributed by atoms with E-state index < -0.39 is 17.7 Å². The van der Waals surface area contributed by atoms with Gasteiger partial charge in [0.25, 0.3) is 0 Å². The molecule has 4 aromatic rings. The molecule has 148 valence electrons. The lowest BCUT2D eigenvalue weighted by molar-refractivity contribution is -0.137. The molecule has 0 radical (unpaired) electrons. The van der Waals surface area contributed by atoms with Gasteiger partial charge in [0.2, 0.25) is 0 Å². The van der Waals surface area contributed by atoms with Gasteiger partial charge in [-0.2, -0.15) is 13.2 Å². The van der Waals surface area contributed by atoms with E-state index >= 15 is 0 Å². The lowest BCUT2D eigenvalue weighted by Gasteiger charge is -2.12. The number of thiazole rings is 1. The van der Waals surface area contributed by atoms with Crippen LogP contribution in [0.15, 0.2) is 58.5 Å². The molecule has 2 aromatic carbocycles. The standard InChI is InChI=1S/C20H12BrF3N2O2S/c21-15-9-25-18(29-15)16-13-6-1-2-7-14(13)26(17(16)19(27)28)10-11-4-3-5-12(8-11)20(22,23)24/h1-9H,10H2,(H,27,28).